The Morgan fingerprint density at radius 1 is 0.947 bits per heavy atom. The molecule has 0 saturated heterocycles. The third-order valence-corrected chi connectivity index (χ3v) is 7.68. The maximum Gasteiger partial charge on any atom is 0.416 e. The first-order chi connectivity index (χ1) is 18.2. The number of ether oxygens (including phenoxy) is 1. The van der Waals surface area contributed by atoms with E-state index in [0.29, 0.717) is 28.6 Å². The van der Waals surface area contributed by atoms with Crippen LogP contribution in [0.1, 0.15) is 28.0 Å². The maximum atomic E-state index is 13.0. The average molecular weight is 559 g/mol. The molecule has 1 N–H and O–H groups in total. The molecule has 0 unspecified atom stereocenters. The van der Waals surface area contributed by atoms with Crippen molar-refractivity contribution in [1.29, 1.82) is 0 Å². The molecular weight excluding hydrogens is 533 g/mol. The van der Waals surface area contributed by atoms with Crippen LogP contribution in [-0.4, -0.2) is 17.7 Å². The van der Waals surface area contributed by atoms with Gasteiger partial charge in [-0.05, 0) is 54.4 Å². The van der Waals surface area contributed by atoms with Crippen LogP contribution in [0.15, 0.2) is 88.2 Å². The predicted molar refractivity (Wildman–Crippen MR) is 144 cm³/mol. The molecule has 38 heavy (non-hydrogen) atoms. The van der Waals surface area contributed by atoms with Gasteiger partial charge in [-0.15, -0.1) is 23.5 Å². The fraction of sp³-hybridized carbons (Fsp3) is 0.207. The first kappa shape index (κ1) is 27.7. The fourth-order valence-corrected chi connectivity index (χ4v) is 5.64. The van der Waals surface area contributed by atoms with Crippen molar-refractivity contribution in [3.63, 3.8) is 0 Å². The first-order valence-corrected chi connectivity index (χ1v) is 13.8. The maximum absolute atomic E-state index is 13.0. The van der Waals surface area contributed by atoms with Crippen LogP contribution in [0.2, 0.25) is 0 Å². The van der Waals surface area contributed by atoms with Crippen molar-refractivity contribution in [1.82, 2.24) is 0 Å². The van der Waals surface area contributed by atoms with Gasteiger partial charge >= 0.3 is 12.1 Å². The molecule has 0 aliphatic rings. The van der Waals surface area contributed by atoms with Crippen molar-refractivity contribution in [3.05, 3.63) is 107 Å². The molecule has 0 aliphatic heterocycles. The van der Waals surface area contributed by atoms with Gasteiger partial charge in [-0.2, -0.15) is 13.2 Å². The van der Waals surface area contributed by atoms with E-state index in [1.165, 1.54) is 17.7 Å². The highest BCUT2D eigenvalue weighted by Gasteiger charge is 2.30. The Hall–Kier alpha value is -3.30. The van der Waals surface area contributed by atoms with E-state index in [-0.39, 0.29) is 0 Å². The van der Waals surface area contributed by atoms with Gasteiger partial charge in [-0.25, -0.2) is 4.79 Å². The largest absolute Gasteiger partial charge is 0.482 e. The number of carboxylic acids is 1. The number of aryl methyl sites for hydroxylation is 1. The first-order valence-electron chi connectivity index (χ1n) is 11.7. The molecule has 3 aromatic carbocycles. The van der Waals surface area contributed by atoms with Crippen molar-refractivity contribution in [2.24, 2.45) is 0 Å². The minimum Gasteiger partial charge on any atom is -0.482 e. The molecule has 0 atom stereocenters. The SMILES string of the molecule is Cc1cc(SCc2cc(-c3ccc(C(F)(F)F)cc3)oc2CSCc2ccccc2)ccc1OCC(=O)O. The Labute approximate surface area is 227 Å². The number of hydrogen-bond donors (Lipinski definition) is 1. The van der Waals surface area contributed by atoms with Gasteiger partial charge in [0.05, 0.1) is 11.3 Å². The zero-order valence-corrected chi connectivity index (χ0v) is 22.1. The molecular formula is C29H25F3O4S2. The van der Waals surface area contributed by atoms with Crippen LogP contribution < -0.4 is 4.74 Å². The molecule has 0 amide bonds. The van der Waals surface area contributed by atoms with Crippen LogP contribution in [0.4, 0.5) is 13.2 Å². The van der Waals surface area contributed by atoms with Crippen molar-refractivity contribution in [2.75, 3.05) is 6.61 Å². The monoisotopic (exact) mass is 558 g/mol. The molecule has 0 spiro atoms. The number of hydrogen-bond acceptors (Lipinski definition) is 5. The van der Waals surface area contributed by atoms with Gasteiger partial charge in [0.25, 0.3) is 0 Å². The quantitative estimate of drug-likeness (QED) is 0.186. The average Bonchev–Trinajstić information content (AvgIpc) is 3.30. The number of halogens is 3. The van der Waals surface area contributed by atoms with E-state index in [1.54, 1.807) is 29.6 Å². The molecule has 0 saturated carbocycles. The minimum atomic E-state index is -4.39. The fourth-order valence-electron chi connectivity index (χ4n) is 3.69. The van der Waals surface area contributed by atoms with E-state index >= 15 is 0 Å². The molecule has 4 nitrogen and oxygen atoms in total. The van der Waals surface area contributed by atoms with E-state index in [1.807, 2.05) is 43.3 Å². The highest BCUT2D eigenvalue weighted by atomic mass is 32.2. The second-order valence-corrected chi connectivity index (χ2v) is 10.5. The number of thioether (sulfide) groups is 2. The van der Waals surface area contributed by atoms with Crippen LogP contribution in [-0.2, 0) is 28.2 Å². The van der Waals surface area contributed by atoms with Crippen LogP contribution in [0.25, 0.3) is 11.3 Å². The summed E-state index contributed by atoms with van der Waals surface area (Å²) in [4.78, 5) is 11.8. The van der Waals surface area contributed by atoms with Crippen molar-refractivity contribution < 1.29 is 32.2 Å². The number of carbonyl (C=O) groups is 1. The number of aliphatic carboxylic acids is 1. The number of benzene rings is 3. The zero-order valence-electron chi connectivity index (χ0n) is 20.5. The van der Waals surface area contributed by atoms with Gasteiger partial charge in [-0.1, -0.05) is 42.5 Å². The summed E-state index contributed by atoms with van der Waals surface area (Å²) in [6, 6.07) is 22.5. The Morgan fingerprint density at radius 3 is 2.34 bits per heavy atom. The van der Waals surface area contributed by atoms with Crippen LogP contribution in [0.5, 0.6) is 5.75 Å². The summed E-state index contributed by atoms with van der Waals surface area (Å²) < 4.78 is 50.5. The molecule has 0 fully saturated rings. The zero-order chi connectivity index (χ0) is 27.1. The third kappa shape index (κ3) is 7.61. The van der Waals surface area contributed by atoms with Gasteiger partial charge in [-0.3, -0.25) is 0 Å². The lowest BCUT2D eigenvalue weighted by atomic mass is 10.1. The summed E-state index contributed by atoms with van der Waals surface area (Å²) in [5, 5.41) is 8.83. The second kappa shape index (κ2) is 12.5. The van der Waals surface area contributed by atoms with Crippen molar-refractivity contribution in [3.8, 4) is 17.1 Å². The molecule has 4 rings (SSSR count). The lowest BCUT2D eigenvalue weighted by Gasteiger charge is -2.09. The summed E-state index contributed by atoms with van der Waals surface area (Å²) in [7, 11) is 0. The van der Waals surface area contributed by atoms with Crippen molar-refractivity contribution >= 4 is 29.5 Å². The minimum absolute atomic E-state index is 0.404. The Morgan fingerprint density at radius 2 is 1.68 bits per heavy atom. The highest BCUT2D eigenvalue weighted by molar-refractivity contribution is 7.98. The highest BCUT2D eigenvalue weighted by Crippen LogP contribution is 2.36. The Kier molecular flexibility index (Phi) is 9.12. The van der Waals surface area contributed by atoms with E-state index in [0.717, 1.165) is 39.7 Å². The lowest BCUT2D eigenvalue weighted by molar-refractivity contribution is -0.139. The molecule has 0 aliphatic carbocycles. The number of alkyl halides is 3. The van der Waals surface area contributed by atoms with E-state index in [4.69, 9.17) is 14.3 Å². The molecule has 1 aromatic heterocycles. The Bertz CT molecular complexity index is 1370. The topological polar surface area (TPSA) is 59.7 Å². The van der Waals surface area contributed by atoms with Gasteiger partial charge in [0.2, 0.25) is 0 Å². The number of rotatable bonds is 11. The molecule has 9 heteroatoms. The van der Waals surface area contributed by atoms with Gasteiger partial charge < -0.3 is 14.3 Å². The van der Waals surface area contributed by atoms with E-state index in [2.05, 4.69) is 12.1 Å². The smallest absolute Gasteiger partial charge is 0.416 e. The Balaban J connectivity index is 1.50. The van der Waals surface area contributed by atoms with Gasteiger partial charge in [0, 0.05) is 27.5 Å². The summed E-state index contributed by atoms with van der Waals surface area (Å²) in [6.45, 7) is 1.45. The number of furan rings is 1. The molecule has 4 aromatic rings. The summed E-state index contributed by atoms with van der Waals surface area (Å²) in [5.74, 6) is 2.81. The summed E-state index contributed by atoms with van der Waals surface area (Å²) in [5.41, 5.74) is 2.87. The summed E-state index contributed by atoms with van der Waals surface area (Å²) >= 11 is 3.29. The van der Waals surface area contributed by atoms with E-state index in [9.17, 15) is 18.0 Å². The second-order valence-electron chi connectivity index (χ2n) is 8.51. The molecule has 198 valence electrons. The molecule has 1 heterocycles. The molecule has 0 bridgehead atoms. The van der Waals surface area contributed by atoms with E-state index < -0.39 is 24.3 Å². The lowest BCUT2D eigenvalue weighted by Crippen LogP contribution is -2.09. The standard InChI is InChI=1S/C29H25F3O4S2/c1-19-13-24(11-12-25(19)35-15-28(33)34)38-17-22-14-26(21-7-9-23(10-8-21)29(30,31)32)36-27(22)18-37-16-20-5-3-2-4-6-20/h2-14H,15-18H2,1H3,(H,33,34). The predicted octanol–water partition coefficient (Wildman–Crippen LogP) is 8.46. The normalized spacial score (nSPS) is 11.5. The number of carboxylic acid groups (broad SMARTS) is 1. The third-order valence-electron chi connectivity index (χ3n) is 5.63. The van der Waals surface area contributed by atoms with Gasteiger partial charge in [0.1, 0.15) is 17.3 Å². The van der Waals surface area contributed by atoms with Crippen molar-refractivity contribution in [2.45, 2.75) is 35.3 Å². The van der Waals surface area contributed by atoms with Gasteiger partial charge in [0.15, 0.2) is 6.61 Å². The summed E-state index contributed by atoms with van der Waals surface area (Å²) in [6.07, 6.45) is -4.39. The van der Waals surface area contributed by atoms with Crippen LogP contribution >= 0.6 is 23.5 Å². The van der Waals surface area contributed by atoms with Crippen LogP contribution in [0, 0.1) is 6.92 Å². The molecule has 0 radical (unpaired) electrons. The van der Waals surface area contributed by atoms with Crippen LogP contribution in [0.3, 0.4) is 0 Å².